The first-order chi connectivity index (χ1) is 15.1. The summed E-state index contributed by atoms with van der Waals surface area (Å²) in [6.07, 6.45) is 4.57. The summed E-state index contributed by atoms with van der Waals surface area (Å²) in [4.78, 5) is 20.5. The number of nitrogens with zero attached hydrogens (tertiary/aromatic N) is 2. The summed E-state index contributed by atoms with van der Waals surface area (Å²) < 4.78 is 19.6. The molecule has 1 atom stereocenters. The minimum Gasteiger partial charge on any atom is -0.441 e. The number of aromatic nitrogens is 1. The van der Waals surface area contributed by atoms with Crippen LogP contribution in [0.25, 0.3) is 11.3 Å². The maximum Gasteiger partial charge on any atom is 0.220 e. The number of likely N-dealkylation sites (tertiary alicyclic amines) is 1. The molecule has 3 aromatic rings. The van der Waals surface area contributed by atoms with Gasteiger partial charge in [-0.2, -0.15) is 0 Å². The molecule has 1 N–H and O–H groups in total. The van der Waals surface area contributed by atoms with Crippen molar-refractivity contribution in [1.82, 2.24) is 15.2 Å². The number of amides is 1. The highest BCUT2D eigenvalue weighted by atomic mass is 32.1. The van der Waals surface area contributed by atoms with Crippen LogP contribution in [0.4, 0.5) is 4.39 Å². The number of nitrogens with one attached hydrogen (secondary N) is 1. The Morgan fingerprint density at radius 2 is 2.10 bits per heavy atom. The molecule has 1 aromatic carbocycles. The van der Waals surface area contributed by atoms with Gasteiger partial charge >= 0.3 is 0 Å². The van der Waals surface area contributed by atoms with Crippen LogP contribution >= 0.6 is 11.3 Å². The highest BCUT2D eigenvalue weighted by Crippen LogP contribution is 2.29. The number of halogens is 1. The van der Waals surface area contributed by atoms with Gasteiger partial charge in [-0.3, -0.25) is 9.69 Å². The molecule has 1 fully saturated rings. The second-order valence-electron chi connectivity index (χ2n) is 8.15. The van der Waals surface area contributed by atoms with E-state index in [9.17, 15) is 9.18 Å². The average molecular weight is 442 g/mol. The lowest BCUT2D eigenvalue weighted by Crippen LogP contribution is -2.41. The van der Waals surface area contributed by atoms with Gasteiger partial charge in [0.25, 0.3) is 0 Å². The van der Waals surface area contributed by atoms with Crippen LogP contribution in [-0.4, -0.2) is 35.4 Å². The molecule has 4 rings (SSSR count). The minimum absolute atomic E-state index is 0.0300. The van der Waals surface area contributed by atoms with Gasteiger partial charge in [0.2, 0.25) is 5.91 Å². The third-order valence-electron chi connectivity index (χ3n) is 5.88. The first-order valence-electron chi connectivity index (χ1n) is 10.8. The van der Waals surface area contributed by atoms with E-state index in [0.29, 0.717) is 30.2 Å². The van der Waals surface area contributed by atoms with Crippen LogP contribution < -0.4 is 5.32 Å². The third-order valence-corrected chi connectivity index (χ3v) is 6.86. The van der Waals surface area contributed by atoms with E-state index in [4.69, 9.17) is 4.42 Å². The van der Waals surface area contributed by atoms with Crippen LogP contribution in [0.2, 0.25) is 0 Å². The topological polar surface area (TPSA) is 58.4 Å². The predicted molar refractivity (Wildman–Crippen MR) is 120 cm³/mol. The van der Waals surface area contributed by atoms with Gasteiger partial charge in [-0.05, 0) is 55.4 Å². The number of thiophene rings is 1. The van der Waals surface area contributed by atoms with Gasteiger partial charge in [0.1, 0.15) is 5.82 Å². The van der Waals surface area contributed by atoms with Crippen LogP contribution in [0.5, 0.6) is 0 Å². The molecule has 3 heterocycles. The Bertz CT molecular complexity index is 980. The molecule has 0 spiro atoms. The smallest absolute Gasteiger partial charge is 0.220 e. The van der Waals surface area contributed by atoms with Gasteiger partial charge in [0.15, 0.2) is 11.7 Å². The average Bonchev–Trinajstić information content (AvgIpc) is 3.46. The first-order valence-corrected chi connectivity index (χ1v) is 11.7. The maximum absolute atomic E-state index is 13.9. The number of benzene rings is 1. The van der Waals surface area contributed by atoms with Crippen LogP contribution in [0.15, 0.2) is 52.4 Å². The molecule has 0 unspecified atom stereocenters. The molecule has 7 heteroatoms. The number of oxazole rings is 1. The minimum atomic E-state index is -0.352. The number of hydrogen-bond donors (Lipinski definition) is 1. The lowest BCUT2D eigenvalue weighted by Gasteiger charge is -2.36. The van der Waals surface area contributed by atoms with Gasteiger partial charge in [-0.15, -0.1) is 11.3 Å². The number of hydrogen-bond acceptors (Lipinski definition) is 5. The van der Waals surface area contributed by atoms with E-state index >= 15 is 0 Å². The van der Waals surface area contributed by atoms with Crippen LogP contribution in [0, 0.1) is 11.7 Å². The first kappa shape index (κ1) is 21.7. The normalized spacial score (nSPS) is 16.3. The molecule has 0 bridgehead atoms. The fraction of sp³-hybridized carbons (Fsp3) is 0.417. The van der Waals surface area contributed by atoms with Crippen molar-refractivity contribution >= 4 is 17.2 Å². The summed E-state index contributed by atoms with van der Waals surface area (Å²) in [5, 5.41) is 5.18. The summed E-state index contributed by atoms with van der Waals surface area (Å²) in [5.74, 6) is 1.20. The van der Waals surface area contributed by atoms with Crippen LogP contribution in [0.3, 0.4) is 0 Å². The molecule has 5 nitrogen and oxygen atoms in total. The Hall–Kier alpha value is -2.51. The van der Waals surface area contributed by atoms with Gasteiger partial charge in [-0.25, -0.2) is 9.37 Å². The maximum atomic E-state index is 13.9. The molecule has 31 heavy (non-hydrogen) atoms. The molecular formula is C24H28FN3O2S. The lowest BCUT2D eigenvalue weighted by molar-refractivity contribution is -0.121. The zero-order valence-corrected chi connectivity index (χ0v) is 18.5. The molecule has 1 amide bonds. The van der Waals surface area contributed by atoms with Crippen molar-refractivity contribution in [2.24, 2.45) is 5.92 Å². The fourth-order valence-electron chi connectivity index (χ4n) is 3.96. The predicted octanol–water partition coefficient (Wildman–Crippen LogP) is 5.06. The van der Waals surface area contributed by atoms with Crippen LogP contribution in [-0.2, 0) is 11.2 Å². The largest absolute Gasteiger partial charge is 0.441 e. The molecule has 1 aliphatic rings. The Kier molecular flexibility index (Phi) is 7.14. The number of carbonyl (C=O) groups excluding carboxylic acids is 1. The van der Waals surface area contributed by atoms with Crippen molar-refractivity contribution in [3.05, 3.63) is 64.6 Å². The Morgan fingerprint density at radius 3 is 2.84 bits per heavy atom. The Labute approximate surface area is 186 Å². The SMILES string of the molecule is CC1CCN([C@@H](CNC(=O)CCc2ncc(-c3ccccc3F)o2)c2cccs2)CC1. The van der Waals surface area contributed by atoms with Crippen LogP contribution in [0.1, 0.15) is 43.0 Å². The van der Waals surface area contributed by atoms with Crippen molar-refractivity contribution in [2.75, 3.05) is 19.6 Å². The molecule has 0 radical (unpaired) electrons. The third kappa shape index (κ3) is 5.60. The number of piperidine rings is 1. The van der Waals surface area contributed by atoms with E-state index in [1.165, 1.54) is 30.0 Å². The Balaban J connectivity index is 1.30. The molecule has 2 aromatic heterocycles. The van der Waals surface area contributed by atoms with Crippen molar-refractivity contribution in [1.29, 1.82) is 0 Å². The molecule has 0 saturated carbocycles. The quantitative estimate of drug-likeness (QED) is 0.531. The molecule has 0 aliphatic carbocycles. The highest BCUT2D eigenvalue weighted by Gasteiger charge is 2.25. The van der Waals surface area contributed by atoms with E-state index in [1.54, 1.807) is 29.5 Å². The second kappa shape index (κ2) is 10.2. The van der Waals surface area contributed by atoms with Crippen molar-refractivity contribution in [2.45, 2.75) is 38.6 Å². The van der Waals surface area contributed by atoms with E-state index < -0.39 is 0 Å². The van der Waals surface area contributed by atoms with Gasteiger partial charge in [0.05, 0.1) is 17.8 Å². The van der Waals surface area contributed by atoms with Gasteiger partial charge in [0, 0.05) is 24.3 Å². The molecular weight excluding hydrogens is 413 g/mol. The summed E-state index contributed by atoms with van der Waals surface area (Å²) in [5.41, 5.74) is 0.375. The summed E-state index contributed by atoms with van der Waals surface area (Å²) >= 11 is 1.74. The standard InChI is InChI=1S/C24H28FN3O2S/c1-17-10-12-28(13-11-17)20(22-7-4-14-31-22)15-26-23(29)8-9-24-27-16-21(30-24)18-5-2-3-6-19(18)25/h2-7,14,16-17,20H,8-13,15H2,1H3,(H,26,29)/t20-/m0/s1. The number of carbonyl (C=O) groups is 1. The zero-order chi connectivity index (χ0) is 21.6. The highest BCUT2D eigenvalue weighted by molar-refractivity contribution is 7.10. The number of aryl methyl sites for hydroxylation is 1. The summed E-state index contributed by atoms with van der Waals surface area (Å²) in [6, 6.07) is 10.9. The van der Waals surface area contributed by atoms with Crippen molar-refractivity contribution in [3.63, 3.8) is 0 Å². The number of rotatable bonds is 8. The second-order valence-corrected chi connectivity index (χ2v) is 9.13. The fourth-order valence-corrected chi connectivity index (χ4v) is 4.82. The van der Waals surface area contributed by atoms with E-state index in [0.717, 1.165) is 19.0 Å². The lowest BCUT2D eigenvalue weighted by atomic mass is 9.97. The zero-order valence-electron chi connectivity index (χ0n) is 17.7. The molecule has 1 saturated heterocycles. The summed E-state index contributed by atoms with van der Waals surface area (Å²) in [7, 11) is 0. The molecule has 1 aliphatic heterocycles. The summed E-state index contributed by atoms with van der Waals surface area (Å²) in [6.45, 7) is 5.03. The van der Waals surface area contributed by atoms with E-state index in [-0.39, 0.29) is 24.2 Å². The van der Waals surface area contributed by atoms with Gasteiger partial charge < -0.3 is 9.73 Å². The monoisotopic (exact) mass is 441 g/mol. The van der Waals surface area contributed by atoms with E-state index in [2.05, 4.69) is 39.6 Å². The van der Waals surface area contributed by atoms with Crippen molar-refractivity contribution in [3.8, 4) is 11.3 Å². The van der Waals surface area contributed by atoms with E-state index in [1.807, 2.05) is 0 Å². The van der Waals surface area contributed by atoms with Crippen molar-refractivity contribution < 1.29 is 13.6 Å². The Morgan fingerprint density at radius 1 is 1.29 bits per heavy atom. The molecule has 164 valence electrons. The van der Waals surface area contributed by atoms with Gasteiger partial charge in [-0.1, -0.05) is 25.1 Å².